The first-order chi connectivity index (χ1) is 8.07. The van der Waals surface area contributed by atoms with Crippen LogP contribution in [0.15, 0.2) is 24.3 Å². The van der Waals surface area contributed by atoms with Gasteiger partial charge in [-0.15, -0.1) is 6.42 Å². The molecular weight excluding hydrogens is 240 g/mol. The third-order valence-corrected chi connectivity index (χ3v) is 2.97. The van der Waals surface area contributed by atoms with Crippen molar-refractivity contribution in [3.8, 4) is 12.3 Å². The van der Waals surface area contributed by atoms with Crippen molar-refractivity contribution in [3.05, 3.63) is 29.8 Å². The van der Waals surface area contributed by atoms with Crippen LogP contribution in [-0.4, -0.2) is 28.7 Å². The molecule has 0 unspecified atom stereocenters. The first kappa shape index (κ1) is 13.5. The predicted molar refractivity (Wildman–Crippen MR) is 66.8 cm³/mol. The van der Waals surface area contributed by atoms with Crippen LogP contribution in [0.1, 0.15) is 5.56 Å². The second kappa shape index (κ2) is 6.25. The van der Waals surface area contributed by atoms with Gasteiger partial charge in [0.25, 0.3) is 10.2 Å². The molecule has 0 saturated carbocycles. The highest BCUT2D eigenvalue weighted by Gasteiger charge is 2.08. The maximum atomic E-state index is 11.5. The second-order valence-electron chi connectivity index (χ2n) is 3.22. The quantitative estimate of drug-likeness (QED) is 0.576. The monoisotopic (exact) mass is 254 g/mol. The van der Waals surface area contributed by atoms with Gasteiger partial charge < -0.3 is 4.74 Å². The van der Waals surface area contributed by atoms with E-state index in [1.807, 2.05) is 0 Å². The summed E-state index contributed by atoms with van der Waals surface area (Å²) in [6.45, 7) is 0.520. The average Bonchev–Trinajstić information content (AvgIpc) is 2.29. The minimum Gasteiger partial charge on any atom is -0.383 e. The van der Waals surface area contributed by atoms with Crippen LogP contribution in [-0.2, 0) is 14.9 Å². The van der Waals surface area contributed by atoms with Gasteiger partial charge in [0.2, 0.25) is 0 Å². The van der Waals surface area contributed by atoms with Crippen molar-refractivity contribution in [2.75, 3.05) is 25.0 Å². The number of methoxy groups -OCH3 is 1. The topological polar surface area (TPSA) is 67.4 Å². The highest BCUT2D eigenvalue weighted by atomic mass is 32.2. The SMILES string of the molecule is C#Cc1cccc(NS(=O)(=O)NCCOC)c1. The lowest BCUT2D eigenvalue weighted by atomic mass is 10.2. The van der Waals surface area contributed by atoms with Crippen LogP contribution in [0.3, 0.4) is 0 Å². The largest absolute Gasteiger partial charge is 0.383 e. The molecule has 2 N–H and O–H groups in total. The van der Waals surface area contributed by atoms with Gasteiger partial charge in [0.15, 0.2) is 0 Å². The van der Waals surface area contributed by atoms with Gasteiger partial charge in [0.1, 0.15) is 0 Å². The first-order valence-electron chi connectivity index (χ1n) is 4.90. The molecule has 1 rings (SSSR count). The normalized spacial score (nSPS) is 10.8. The summed E-state index contributed by atoms with van der Waals surface area (Å²) in [5, 5.41) is 0. The number of nitrogens with one attached hydrogen (secondary N) is 2. The smallest absolute Gasteiger partial charge is 0.299 e. The lowest BCUT2D eigenvalue weighted by Gasteiger charge is -2.09. The van der Waals surface area contributed by atoms with Gasteiger partial charge in [0, 0.05) is 19.2 Å². The average molecular weight is 254 g/mol. The number of anilines is 1. The van der Waals surface area contributed by atoms with Crippen LogP contribution in [0.2, 0.25) is 0 Å². The van der Waals surface area contributed by atoms with Crippen molar-refractivity contribution < 1.29 is 13.2 Å². The van der Waals surface area contributed by atoms with E-state index in [1.165, 1.54) is 7.11 Å². The zero-order valence-corrected chi connectivity index (χ0v) is 10.3. The van der Waals surface area contributed by atoms with E-state index in [0.29, 0.717) is 17.9 Å². The van der Waals surface area contributed by atoms with Crippen LogP contribution in [0, 0.1) is 12.3 Å². The van der Waals surface area contributed by atoms with Crippen LogP contribution in [0.4, 0.5) is 5.69 Å². The molecule has 17 heavy (non-hydrogen) atoms. The molecule has 6 heteroatoms. The Hall–Kier alpha value is -1.55. The molecule has 0 atom stereocenters. The molecule has 0 aliphatic carbocycles. The van der Waals surface area contributed by atoms with E-state index in [9.17, 15) is 8.42 Å². The van der Waals surface area contributed by atoms with Crippen LogP contribution in [0.5, 0.6) is 0 Å². The molecule has 0 spiro atoms. The Kier molecular flexibility index (Phi) is 4.97. The summed E-state index contributed by atoms with van der Waals surface area (Å²) in [4.78, 5) is 0. The molecule has 0 heterocycles. The molecule has 0 radical (unpaired) electrons. The lowest BCUT2D eigenvalue weighted by molar-refractivity contribution is 0.204. The van der Waals surface area contributed by atoms with E-state index in [0.717, 1.165) is 0 Å². The van der Waals surface area contributed by atoms with Gasteiger partial charge in [-0.3, -0.25) is 4.72 Å². The summed E-state index contributed by atoms with van der Waals surface area (Å²) < 4.78 is 32.5. The molecule has 92 valence electrons. The van der Waals surface area contributed by atoms with E-state index >= 15 is 0 Å². The Morgan fingerprint density at radius 1 is 1.47 bits per heavy atom. The molecule has 0 aliphatic heterocycles. The Bertz CT molecular complexity index is 506. The minimum absolute atomic E-state index is 0.209. The van der Waals surface area contributed by atoms with E-state index in [4.69, 9.17) is 11.2 Å². The zero-order chi connectivity index (χ0) is 12.7. The Morgan fingerprint density at radius 3 is 2.88 bits per heavy atom. The first-order valence-corrected chi connectivity index (χ1v) is 6.39. The van der Waals surface area contributed by atoms with E-state index in [2.05, 4.69) is 15.4 Å². The molecule has 0 aliphatic rings. The number of benzene rings is 1. The summed E-state index contributed by atoms with van der Waals surface area (Å²) in [6.07, 6.45) is 5.22. The van der Waals surface area contributed by atoms with Crippen molar-refractivity contribution >= 4 is 15.9 Å². The molecule has 0 bridgehead atoms. The number of hydrogen-bond acceptors (Lipinski definition) is 3. The van der Waals surface area contributed by atoms with Crippen molar-refractivity contribution in [1.82, 2.24) is 4.72 Å². The lowest BCUT2D eigenvalue weighted by Crippen LogP contribution is -2.32. The van der Waals surface area contributed by atoms with Crippen LogP contribution in [0.25, 0.3) is 0 Å². The van der Waals surface area contributed by atoms with E-state index in [-0.39, 0.29) is 6.54 Å². The molecular formula is C11H14N2O3S. The minimum atomic E-state index is -3.58. The summed E-state index contributed by atoms with van der Waals surface area (Å²) in [5.41, 5.74) is 1.03. The molecule has 0 saturated heterocycles. The van der Waals surface area contributed by atoms with Crippen molar-refractivity contribution in [2.24, 2.45) is 0 Å². The van der Waals surface area contributed by atoms with Gasteiger partial charge in [0.05, 0.1) is 12.3 Å². The highest BCUT2D eigenvalue weighted by Crippen LogP contribution is 2.10. The predicted octanol–water partition coefficient (Wildman–Crippen LogP) is 0.561. The summed E-state index contributed by atoms with van der Waals surface area (Å²) in [7, 11) is -2.08. The standard InChI is InChI=1S/C11H14N2O3S/c1-3-10-5-4-6-11(9-10)13-17(14,15)12-7-8-16-2/h1,4-6,9,12-13H,7-8H2,2H3. The number of ether oxygens (including phenoxy) is 1. The summed E-state index contributed by atoms with van der Waals surface area (Å²) in [5.74, 6) is 2.43. The van der Waals surface area contributed by atoms with Gasteiger partial charge >= 0.3 is 0 Å². The molecule has 1 aromatic rings. The van der Waals surface area contributed by atoms with Gasteiger partial charge in [-0.25, -0.2) is 0 Å². The van der Waals surface area contributed by atoms with E-state index in [1.54, 1.807) is 24.3 Å². The number of terminal acetylenes is 1. The van der Waals surface area contributed by atoms with Gasteiger partial charge in [-0.05, 0) is 18.2 Å². The fraction of sp³-hybridized carbons (Fsp3) is 0.273. The fourth-order valence-electron chi connectivity index (χ4n) is 1.14. The van der Waals surface area contributed by atoms with Crippen molar-refractivity contribution in [3.63, 3.8) is 0 Å². The summed E-state index contributed by atoms with van der Waals surface area (Å²) >= 11 is 0. The molecule has 0 amide bonds. The maximum Gasteiger partial charge on any atom is 0.299 e. The third kappa shape index (κ3) is 4.87. The van der Waals surface area contributed by atoms with E-state index < -0.39 is 10.2 Å². The Balaban J connectivity index is 2.66. The zero-order valence-electron chi connectivity index (χ0n) is 9.43. The van der Waals surface area contributed by atoms with Crippen molar-refractivity contribution in [1.29, 1.82) is 0 Å². The Labute approximate surface area is 101 Å². The summed E-state index contributed by atoms with van der Waals surface area (Å²) in [6, 6.07) is 6.60. The maximum absolute atomic E-state index is 11.5. The second-order valence-corrected chi connectivity index (χ2v) is 4.72. The molecule has 5 nitrogen and oxygen atoms in total. The van der Waals surface area contributed by atoms with Crippen LogP contribution < -0.4 is 9.44 Å². The Morgan fingerprint density at radius 2 is 2.24 bits per heavy atom. The molecule has 0 aromatic heterocycles. The molecule has 0 fully saturated rings. The van der Waals surface area contributed by atoms with Crippen LogP contribution >= 0.6 is 0 Å². The molecule has 1 aromatic carbocycles. The number of hydrogen-bond donors (Lipinski definition) is 2. The fourth-order valence-corrected chi connectivity index (χ4v) is 2.00. The highest BCUT2D eigenvalue weighted by molar-refractivity contribution is 7.90. The van der Waals surface area contributed by atoms with Crippen molar-refractivity contribution in [2.45, 2.75) is 0 Å². The number of rotatable bonds is 6. The van der Waals surface area contributed by atoms with Gasteiger partial charge in [-0.1, -0.05) is 12.0 Å². The third-order valence-electron chi connectivity index (χ3n) is 1.88. The van der Waals surface area contributed by atoms with Gasteiger partial charge in [-0.2, -0.15) is 13.1 Å².